The summed E-state index contributed by atoms with van der Waals surface area (Å²) in [6.45, 7) is 0. The molecule has 0 saturated heterocycles. The van der Waals surface area contributed by atoms with Gasteiger partial charge in [0.05, 0.1) is 5.69 Å². The molecule has 4 rings (SSSR count). The molecule has 0 bridgehead atoms. The first-order chi connectivity index (χ1) is 11.3. The smallest absolute Gasteiger partial charge is 0.209 e. The van der Waals surface area contributed by atoms with Gasteiger partial charge in [-0.3, -0.25) is 0 Å². The van der Waals surface area contributed by atoms with E-state index in [1.807, 2.05) is 36.0 Å². The van der Waals surface area contributed by atoms with Crippen molar-refractivity contribution in [2.45, 2.75) is 0 Å². The quantitative estimate of drug-likeness (QED) is 0.519. The zero-order valence-electron chi connectivity index (χ0n) is 12.0. The minimum Gasteiger partial charge on any atom is -0.361 e. The Balaban J connectivity index is 1.61. The first-order valence-electron chi connectivity index (χ1n) is 7.11. The van der Waals surface area contributed by atoms with Gasteiger partial charge in [-0.15, -0.1) is 11.3 Å². The fourth-order valence-electron chi connectivity index (χ4n) is 2.40. The summed E-state index contributed by atoms with van der Waals surface area (Å²) in [5.74, 6) is -0.249. The fraction of sp³-hybridized carbons (Fsp3) is 0. The molecule has 112 valence electrons. The van der Waals surface area contributed by atoms with E-state index in [9.17, 15) is 4.39 Å². The van der Waals surface area contributed by atoms with E-state index < -0.39 is 0 Å². The van der Waals surface area contributed by atoms with E-state index in [-0.39, 0.29) is 5.82 Å². The van der Waals surface area contributed by atoms with Crippen LogP contribution in [-0.4, -0.2) is 16.2 Å². The summed E-state index contributed by atoms with van der Waals surface area (Å²) in [4.78, 5) is 12.1. The Hall–Kier alpha value is -2.79. The number of aromatic amines is 1. The molecule has 4 aromatic rings. The van der Waals surface area contributed by atoms with Crippen LogP contribution in [0.15, 0.2) is 65.1 Å². The summed E-state index contributed by atoms with van der Waals surface area (Å²) in [6, 6.07) is 14.4. The Morgan fingerprint density at radius 1 is 1.09 bits per heavy atom. The third-order valence-corrected chi connectivity index (χ3v) is 4.32. The van der Waals surface area contributed by atoms with Crippen LogP contribution in [0.25, 0.3) is 22.2 Å². The van der Waals surface area contributed by atoms with E-state index in [0.717, 1.165) is 27.7 Å². The first kappa shape index (κ1) is 13.8. The number of rotatable bonds is 3. The predicted molar refractivity (Wildman–Crippen MR) is 93.1 cm³/mol. The average Bonchev–Trinajstić information content (AvgIpc) is 3.20. The molecule has 3 nitrogen and oxygen atoms in total. The highest BCUT2D eigenvalue weighted by atomic mass is 32.1. The van der Waals surface area contributed by atoms with Gasteiger partial charge in [0.1, 0.15) is 5.82 Å². The number of thiazole rings is 1. The number of hydrogen-bond acceptors (Lipinski definition) is 3. The lowest BCUT2D eigenvalue weighted by atomic mass is 10.2. The highest BCUT2D eigenvalue weighted by Crippen LogP contribution is 2.27. The number of fused-ring (bicyclic) bond motifs is 1. The zero-order valence-corrected chi connectivity index (χ0v) is 12.8. The molecular weight excluding hydrogens is 309 g/mol. The lowest BCUT2D eigenvalue weighted by Crippen LogP contribution is -1.79. The van der Waals surface area contributed by atoms with Crippen LogP contribution in [0.2, 0.25) is 0 Å². The third-order valence-electron chi connectivity index (χ3n) is 3.57. The number of aromatic nitrogens is 2. The molecule has 0 aliphatic rings. The average molecular weight is 321 g/mol. The Morgan fingerprint density at radius 3 is 2.78 bits per heavy atom. The van der Waals surface area contributed by atoms with Crippen molar-refractivity contribution in [1.82, 2.24) is 9.97 Å². The molecule has 2 aromatic heterocycles. The van der Waals surface area contributed by atoms with E-state index in [4.69, 9.17) is 0 Å². The van der Waals surface area contributed by atoms with Gasteiger partial charge in [0.2, 0.25) is 5.13 Å². The molecule has 0 saturated carbocycles. The SMILES string of the molecule is Fc1ccc(-c2csc(N=Cc3c[nH]c4ccccc34)n2)cc1. The van der Waals surface area contributed by atoms with E-state index in [0.29, 0.717) is 5.13 Å². The molecule has 0 aliphatic heterocycles. The van der Waals surface area contributed by atoms with Crippen LogP contribution in [-0.2, 0) is 0 Å². The lowest BCUT2D eigenvalue weighted by molar-refractivity contribution is 0.628. The summed E-state index contributed by atoms with van der Waals surface area (Å²) < 4.78 is 13.0. The van der Waals surface area contributed by atoms with Crippen LogP contribution in [0.3, 0.4) is 0 Å². The Kier molecular flexibility index (Phi) is 3.48. The van der Waals surface area contributed by atoms with Crippen molar-refractivity contribution in [3.8, 4) is 11.3 Å². The number of benzene rings is 2. The zero-order chi connectivity index (χ0) is 15.6. The fourth-order valence-corrected chi connectivity index (χ4v) is 3.07. The van der Waals surface area contributed by atoms with E-state index in [2.05, 4.69) is 21.0 Å². The maximum absolute atomic E-state index is 13.0. The lowest BCUT2D eigenvalue weighted by Gasteiger charge is -1.94. The second kappa shape index (κ2) is 5.78. The summed E-state index contributed by atoms with van der Waals surface area (Å²) in [5, 5.41) is 3.73. The molecule has 2 aromatic carbocycles. The highest BCUT2D eigenvalue weighted by Gasteiger charge is 2.04. The van der Waals surface area contributed by atoms with Crippen LogP contribution < -0.4 is 0 Å². The minimum absolute atomic E-state index is 0.249. The maximum atomic E-state index is 13.0. The number of nitrogens with zero attached hydrogens (tertiary/aromatic N) is 2. The number of H-pyrrole nitrogens is 1. The Morgan fingerprint density at radius 2 is 1.91 bits per heavy atom. The van der Waals surface area contributed by atoms with E-state index in [1.165, 1.54) is 23.5 Å². The van der Waals surface area contributed by atoms with Crippen molar-refractivity contribution >= 4 is 33.6 Å². The van der Waals surface area contributed by atoms with Gasteiger partial charge in [-0.05, 0) is 30.3 Å². The van der Waals surface area contributed by atoms with Crippen LogP contribution in [0.5, 0.6) is 0 Å². The maximum Gasteiger partial charge on any atom is 0.209 e. The predicted octanol–water partition coefficient (Wildman–Crippen LogP) is 5.18. The monoisotopic (exact) mass is 321 g/mol. The van der Waals surface area contributed by atoms with Gasteiger partial charge in [0.15, 0.2) is 0 Å². The Labute approximate surface area is 136 Å². The number of hydrogen-bond donors (Lipinski definition) is 1. The van der Waals surface area contributed by atoms with Gasteiger partial charge in [0.25, 0.3) is 0 Å². The molecule has 0 spiro atoms. The number of aliphatic imine (C=N–C) groups is 1. The van der Waals surface area contributed by atoms with Crippen molar-refractivity contribution in [1.29, 1.82) is 0 Å². The van der Waals surface area contributed by atoms with E-state index in [1.54, 1.807) is 12.1 Å². The summed E-state index contributed by atoms with van der Waals surface area (Å²) in [7, 11) is 0. The van der Waals surface area contributed by atoms with Gasteiger partial charge >= 0.3 is 0 Å². The molecule has 23 heavy (non-hydrogen) atoms. The molecular formula is C18H12FN3S. The topological polar surface area (TPSA) is 41.0 Å². The van der Waals surface area contributed by atoms with Crippen molar-refractivity contribution in [2.75, 3.05) is 0 Å². The van der Waals surface area contributed by atoms with Gasteiger partial charge in [0, 0.05) is 39.8 Å². The molecule has 0 amide bonds. The van der Waals surface area contributed by atoms with Crippen LogP contribution in [0.4, 0.5) is 9.52 Å². The van der Waals surface area contributed by atoms with Gasteiger partial charge < -0.3 is 4.98 Å². The van der Waals surface area contributed by atoms with E-state index >= 15 is 0 Å². The number of nitrogens with one attached hydrogen (secondary N) is 1. The minimum atomic E-state index is -0.249. The first-order valence-corrected chi connectivity index (χ1v) is 7.99. The van der Waals surface area contributed by atoms with Crippen LogP contribution in [0.1, 0.15) is 5.56 Å². The molecule has 0 aliphatic carbocycles. The van der Waals surface area contributed by atoms with Gasteiger partial charge in [-0.2, -0.15) is 0 Å². The van der Waals surface area contributed by atoms with Crippen molar-refractivity contribution in [3.05, 3.63) is 71.5 Å². The van der Waals surface area contributed by atoms with Gasteiger partial charge in [-0.1, -0.05) is 18.2 Å². The van der Waals surface area contributed by atoms with Crippen LogP contribution in [0, 0.1) is 5.82 Å². The highest BCUT2D eigenvalue weighted by molar-refractivity contribution is 7.13. The number of para-hydroxylation sites is 1. The van der Waals surface area contributed by atoms with Crippen molar-refractivity contribution < 1.29 is 4.39 Å². The normalized spacial score (nSPS) is 11.5. The number of halogens is 1. The second-order valence-corrected chi connectivity index (χ2v) is 5.91. The standard InChI is InChI=1S/C18H12FN3S/c19-14-7-5-12(6-8-14)17-11-23-18(22-17)21-10-13-9-20-16-4-2-1-3-15(13)16/h1-11,20H. The van der Waals surface area contributed by atoms with Crippen LogP contribution >= 0.6 is 11.3 Å². The summed E-state index contributed by atoms with van der Waals surface area (Å²) >= 11 is 1.46. The van der Waals surface area contributed by atoms with Crippen molar-refractivity contribution in [2.24, 2.45) is 4.99 Å². The Bertz CT molecular complexity index is 983. The molecule has 2 heterocycles. The third kappa shape index (κ3) is 2.78. The molecule has 0 unspecified atom stereocenters. The molecule has 1 N–H and O–H groups in total. The van der Waals surface area contributed by atoms with Gasteiger partial charge in [-0.25, -0.2) is 14.4 Å². The largest absolute Gasteiger partial charge is 0.361 e. The molecule has 0 atom stereocenters. The molecule has 5 heteroatoms. The summed E-state index contributed by atoms with van der Waals surface area (Å²) in [6.07, 6.45) is 3.74. The van der Waals surface area contributed by atoms with Crippen molar-refractivity contribution in [3.63, 3.8) is 0 Å². The molecule has 0 radical (unpaired) electrons. The summed E-state index contributed by atoms with van der Waals surface area (Å²) in [5.41, 5.74) is 3.80. The molecule has 0 fully saturated rings. The second-order valence-electron chi connectivity index (χ2n) is 5.07.